The summed E-state index contributed by atoms with van der Waals surface area (Å²) >= 11 is 0. The lowest BCUT2D eigenvalue weighted by atomic mass is 9.87. The van der Waals surface area contributed by atoms with E-state index < -0.39 is 0 Å². The SMILES string of the molecule is Cc1cc(O)c(C=N[C@H](C)CO)cc1-c1cccc2cccc(-c3cc(C=N[C@H](C)CO)c(O)cc3C)c12. The van der Waals surface area contributed by atoms with Crippen LogP contribution < -0.4 is 0 Å². The quantitative estimate of drug-likeness (QED) is 0.225. The van der Waals surface area contributed by atoms with Gasteiger partial charge in [-0.1, -0.05) is 36.4 Å². The van der Waals surface area contributed by atoms with Gasteiger partial charge < -0.3 is 20.4 Å². The van der Waals surface area contributed by atoms with Gasteiger partial charge in [-0.25, -0.2) is 0 Å². The van der Waals surface area contributed by atoms with Crippen molar-refractivity contribution in [2.24, 2.45) is 9.98 Å². The van der Waals surface area contributed by atoms with Crippen molar-refractivity contribution in [3.63, 3.8) is 0 Å². The summed E-state index contributed by atoms with van der Waals surface area (Å²) in [6.07, 6.45) is 3.21. The molecule has 0 unspecified atom stereocenters. The van der Waals surface area contributed by atoms with E-state index in [1.807, 2.05) is 52.0 Å². The number of nitrogens with zero attached hydrogens (tertiary/aromatic N) is 2. The smallest absolute Gasteiger partial charge is 0.124 e. The Morgan fingerprint density at radius 1 is 0.658 bits per heavy atom. The zero-order chi connectivity index (χ0) is 27.4. The second kappa shape index (κ2) is 11.6. The number of aryl methyl sites for hydroxylation is 2. The molecule has 4 aromatic rings. The third-order valence-electron chi connectivity index (χ3n) is 6.70. The highest BCUT2D eigenvalue weighted by atomic mass is 16.3. The molecule has 0 aliphatic heterocycles. The van der Waals surface area contributed by atoms with E-state index in [9.17, 15) is 20.4 Å². The number of fused-ring (bicyclic) bond motifs is 1. The number of rotatable bonds is 8. The number of hydrogen-bond donors (Lipinski definition) is 4. The van der Waals surface area contributed by atoms with Gasteiger partial charge in [-0.15, -0.1) is 0 Å². The van der Waals surface area contributed by atoms with Gasteiger partial charge >= 0.3 is 0 Å². The Morgan fingerprint density at radius 2 is 1.08 bits per heavy atom. The lowest BCUT2D eigenvalue weighted by molar-refractivity contribution is 0.274. The second-order valence-corrected chi connectivity index (χ2v) is 9.78. The minimum atomic E-state index is -0.265. The maximum absolute atomic E-state index is 10.6. The molecule has 0 saturated carbocycles. The topological polar surface area (TPSA) is 106 Å². The first-order valence-electron chi connectivity index (χ1n) is 12.7. The van der Waals surface area contributed by atoms with Crippen molar-refractivity contribution in [2.45, 2.75) is 39.8 Å². The van der Waals surface area contributed by atoms with Gasteiger partial charge in [0.05, 0.1) is 25.3 Å². The van der Waals surface area contributed by atoms with E-state index in [1.54, 1.807) is 24.6 Å². The molecule has 0 bridgehead atoms. The molecule has 6 heteroatoms. The van der Waals surface area contributed by atoms with Gasteiger partial charge in [-0.2, -0.15) is 0 Å². The number of hydrogen-bond acceptors (Lipinski definition) is 6. The van der Waals surface area contributed by atoms with E-state index in [0.29, 0.717) is 11.1 Å². The van der Waals surface area contributed by atoms with E-state index in [4.69, 9.17) is 0 Å². The highest BCUT2D eigenvalue weighted by Crippen LogP contribution is 2.41. The molecular weight excluding hydrogens is 476 g/mol. The molecule has 4 aromatic carbocycles. The summed E-state index contributed by atoms with van der Waals surface area (Å²) < 4.78 is 0. The van der Waals surface area contributed by atoms with Gasteiger partial charge in [0.15, 0.2) is 0 Å². The molecule has 38 heavy (non-hydrogen) atoms. The Hall–Kier alpha value is -4.00. The number of phenolic OH excluding ortho intramolecular Hbond substituents is 2. The fraction of sp³-hybridized carbons (Fsp3) is 0.250. The molecule has 0 aromatic heterocycles. The number of aliphatic hydroxyl groups excluding tert-OH is 2. The maximum atomic E-state index is 10.6. The maximum Gasteiger partial charge on any atom is 0.124 e. The van der Waals surface area contributed by atoms with Crippen LogP contribution in [0.1, 0.15) is 36.1 Å². The summed E-state index contributed by atoms with van der Waals surface area (Å²) in [5.74, 6) is 0.270. The van der Waals surface area contributed by atoms with Gasteiger partial charge in [0.1, 0.15) is 11.5 Å². The first kappa shape index (κ1) is 27.0. The monoisotopic (exact) mass is 510 g/mol. The van der Waals surface area contributed by atoms with Crippen LogP contribution in [-0.4, -0.2) is 58.2 Å². The third kappa shape index (κ3) is 5.62. The normalized spacial score (nSPS) is 13.5. The molecule has 196 valence electrons. The van der Waals surface area contributed by atoms with Crippen LogP contribution in [0.15, 0.2) is 70.6 Å². The molecule has 2 atom stereocenters. The highest BCUT2D eigenvalue weighted by molar-refractivity contribution is 6.08. The van der Waals surface area contributed by atoms with Crippen molar-refractivity contribution in [3.8, 4) is 33.8 Å². The predicted molar refractivity (Wildman–Crippen MR) is 156 cm³/mol. The lowest BCUT2D eigenvalue weighted by Gasteiger charge is -2.17. The zero-order valence-corrected chi connectivity index (χ0v) is 22.2. The Morgan fingerprint density at radius 3 is 1.47 bits per heavy atom. The Bertz CT molecular complexity index is 1410. The molecule has 6 nitrogen and oxygen atoms in total. The molecule has 0 amide bonds. The number of phenols is 2. The van der Waals surface area contributed by atoms with E-state index >= 15 is 0 Å². The standard InChI is InChI=1S/C32H34N2O4/c1-19-11-30(37)24(15-33-21(3)17-35)13-28(19)26-9-5-7-23-8-6-10-27(32(23)26)29-14-25(16-34-22(4)18-36)31(38)12-20(29)2/h5-16,21-22,35-38H,17-18H2,1-4H3/t21-,22-/m1/s1. The van der Waals surface area contributed by atoms with E-state index in [-0.39, 0.29) is 36.8 Å². The van der Waals surface area contributed by atoms with Gasteiger partial charge in [0, 0.05) is 23.6 Å². The van der Waals surface area contributed by atoms with E-state index in [1.165, 1.54) is 0 Å². The molecule has 4 rings (SSSR count). The summed E-state index contributed by atoms with van der Waals surface area (Å²) in [4.78, 5) is 8.69. The minimum absolute atomic E-state index is 0.0692. The Labute approximate surface area is 223 Å². The predicted octanol–water partition coefficient (Wildman–Crippen LogP) is 5.80. The molecule has 0 heterocycles. The van der Waals surface area contributed by atoms with Crippen LogP contribution in [-0.2, 0) is 0 Å². The van der Waals surface area contributed by atoms with Gasteiger partial charge in [-0.05, 0) is 96.1 Å². The third-order valence-corrected chi connectivity index (χ3v) is 6.70. The summed E-state index contributed by atoms with van der Waals surface area (Å²) in [7, 11) is 0. The molecule has 4 N–H and O–H groups in total. The zero-order valence-electron chi connectivity index (χ0n) is 22.2. The van der Waals surface area contributed by atoms with Crippen LogP contribution in [0.25, 0.3) is 33.0 Å². The number of aromatic hydroxyl groups is 2. The first-order valence-corrected chi connectivity index (χ1v) is 12.7. The van der Waals surface area contributed by atoms with E-state index in [0.717, 1.165) is 44.2 Å². The summed E-state index contributed by atoms with van der Waals surface area (Å²) in [5, 5.41) is 42.0. The molecule has 0 aliphatic carbocycles. The fourth-order valence-corrected chi connectivity index (χ4v) is 4.51. The average molecular weight is 511 g/mol. The van der Waals surface area contributed by atoms with Gasteiger partial charge in [-0.3, -0.25) is 9.98 Å². The Balaban J connectivity index is 1.95. The first-order chi connectivity index (χ1) is 18.2. The average Bonchev–Trinajstić information content (AvgIpc) is 2.91. The second-order valence-electron chi connectivity index (χ2n) is 9.78. The van der Waals surface area contributed by atoms with Crippen molar-refractivity contribution < 1.29 is 20.4 Å². The molecule has 0 saturated heterocycles. The summed E-state index contributed by atoms with van der Waals surface area (Å²) in [6, 6.07) is 19.2. The van der Waals surface area contributed by atoms with E-state index in [2.05, 4.69) is 34.3 Å². The number of aliphatic hydroxyl groups is 2. The fourth-order valence-electron chi connectivity index (χ4n) is 4.51. The largest absolute Gasteiger partial charge is 0.507 e. The Kier molecular flexibility index (Phi) is 8.25. The van der Waals surface area contributed by atoms with Crippen molar-refractivity contribution in [2.75, 3.05) is 13.2 Å². The summed E-state index contributed by atoms with van der Waals surface area (Å²) in [5.41, 5.74) is 6.96. The number of aliphatic imine (C=N–C) groups is 2. The number of benzene rings is 4. The van der Waals surface area contributed by atoms with Crippen LogP contribution >= 0.6 is 0 Å². The summed E-state index contributed by atoms with van der Waals surface area (Å²) in [6.45, 7) is 7.42. The lowest BCUT2D eigenvalue weighted by Crippen LogP contribution is -2.04. The highest BCUT2D eigenvalue weighted by Gasteiger charge is 2.16. The molecule has 0 spiro atoms. The van der Waals surface area contributed by atoms with Crippen LogP contribution in [0.3, 0.4) is 0 Å². The molecule has 0 fully saturated rings. The van der Waals surface area contributed by atoms with Crippen LogP contribution in [0, 0.1) is 13.8 Å². The molecular formula is C32H34N2O4. The van der Waals surface area contributed by atoms with Gasteiger partial charge in [0.2, 0.25) is 0 Å². The molecule has 0 radical (unpaired) electrons. The van der Waals surface area contributed by atoms with Crippen molar-refractivity contribution in [1.82, 2.24) is 0 Å². The van der Waals surface area contributed by atoms with Crippen LogP contribution in [0.4, 0.5) is 0 Å². The van der Waals surface area contributed by atoms with Gasteiger partial charge in [0.25, 0.3) is 0 Å². The van der Waals surface area contributed by atoms with Crippen LogP contribution in [0.2, 0.25) is 0 Å². The molecule has 0 aliphatic rings. The van der Waals surface area contributed by atoms with Crippen LogP contribution in [0.5, 0.6) is 11.5 Å². The van der Waals surface area contributed by atoms with Crippen molar-refractivity contribution in [3.05, 3.63) is 82.9 Å². The minimum Gasteiger partial charge on any atom is -0.507 e. The van der Waals surface area contributed by atoms with Crippen molar-refractivity contribution >= 4 is 23.2 Å². The van der Waals surface area contributed by atoms with Crippen molar-refractivity contribution in [1.29, 1.82) is 0 Å².